The molecule has 2 aromatic carbocycles. The lowest BCUT2D eigenvalue weighted by Gasteiger charge is -2.26. The molecule has 0 aliphatic carbocycles. The van der Waals surface area contributed by atoms with E-state index in [9.17, 15) is 9.59 Å². The lowest BCUT2D eigenvalue weighted by molar-refractivity contribution is -0.124. The van der Waals surface area contributed by atoms with Gasteiger partial charge in [0.2, 0.25) is 0 Å². The van der Waals surface area contributed by atoms with E-state index in [1.165, 1.54) is 18.7 Å². The third-order valence-electron chi connectivity index (χ3n) is 4.75. The maximum Gasteiger partial charge on any atom is 0.412 e. The number of carbonyl (C=O) groups excluding carboxylic acids is 2. The molecule has 0 unspecified atom stereocenters. The molecule has 34 heavy (non-hydrogen) atoms. The van der Waals surface area contributed by atoms with Gasteiger partial charge in [-0.25, -0.2) is 10.3 Å². The summed E-state index contributed by atoms with van der Waals surface area (Å²) >= 11 is 1.60. The van der Waals surface area contributed by atoms with Crippen LogP contribution in [-0.2, 0) is 14.3 Å². The molecule has 9 nitrogen and oxygen atoms in total. The number of hydroxylamine groups is 1. The second kappa shape index (κ2) is 15.0. The topological polar surface area (TPSA) is 126 Å². The number of thioether (sulfide) groups is 1. The number of ether oxygens (including phenoxy) is 3. The monoisotopic (exact) mass is 490 g/mol. The minimum atomic E-state index is -0.784. The number of benzene rings is 2. The highest BCUT2D eigenvalue weighted by Gasteiger charge is 2.27. The molecule has 0 heterocycles. The zero-order chi connectivity index (χ0) is 24.8. The van der Waals surface area contributed by atoms with Crippen molar-refractivity contribution in [1.82, 2.24) is 5.48 Å². The van der Waals surface area contributed by atoms with E-state index in [0.717, 1.165) is 4.90 Å². The quantitative estimate of drug-likeness (QED) is 0.144. The number of carbonyl (C=O) groups is 2. The van der Waals surface area contributed by atoms with Crippen LogP contribution in [0.2, 0.25) is 0 Å². The average Bonchev–Trinajstić information content (AvgIpc) is 2.87. The molecular weight excluding hydrogens is 460 g/mol. The molecule has 2 amide bonds. The Bertz CT molecular complexity index is 937. The second-order valence-electron chi connectivity index (χ2n) is 7.05. The normalized spacial score (nSPS) is 12.7. The Morgan fingerprint density at radius 3 is 2.59 bits per heavy atom. The Hall–Kier alpha value is -3.05. The highest BCUT2D eigenvalue weighted by Crippen LogP contribution is 2.30. The van der Waals surface area contributed by atoms with Crippen LogP contribution in [0.3, 0.4) is 0 Å². The number of anilines is 1. The first kappa shape index (κ1) is 27.2. The van der Waals surface area contributed by atoms with E-state index in [2.05, 4.69) is 5.32 Å². The Kier molecular flexibility index (Phi) is 12.0. The molecule has 0 saturated heterocycles. The molecule has 2 aromatic rings. The fraction of sp³-hybridized carbons (Fsp3) is 0.333. The lowest BCUT2D eigenvalue weighted by atomic mass is 10.00. The first-order chi connectivity index (χ1) is 16.5. The summed E-state index contributed by atoms with van der Waals surface area (Å²) in [6.45, 7) is 0.00324. The van der Waals surface area contributed by atoms with Crippen molar-refractivity contribution < 1.29 is 34.1 Å². The summed E-state index contributed by atoms with van der Waals surface area (Å²) < 4.78 is 16.9. The molecule has 0 fully saturated rings. The molecule has 0 aromatic heterocycles. The average molecular weight is 491 g/mol. The van der Waals surface area contributed by atoms with Gasteiger partial charge < -0.3 is 19.3 Å². The largest absolute Gasteiger partial charge is 0.491 e. The van der Waals surface area contributed by atoms with Crippen molar-refractivity contribution in [2.45, 2.75) is 29.9 Å². The number of amides is 2. The molecule has 2 atom stereocenters. The van der Waals surface area contributed by atoms with Gasteiger partial charge in [-0.05, 0) is 61.1 Å². The Morgan fingerprint density at radius 2 is 1.94 bits per heavy atom. The van der Waals surface area contributed by atoms with Crippen molar-refractivity contribution in [3.05, 3.63) is 66.2 Å². The summed E-state index contributed by atoms with van der Waals surface area (Å²) in [4.78, 5) is 25.0. The third-order valence-corrected chi connectivity index (χ3v) is 5.50. The maximum absolute atomic E-state index is 12.7. The Balaban J connectivity index is 2.19. The van der Waals surface area contributed by atoms with E-state index in [4.69, 9.17) is 24.5 Å². The predicted octanol–water partition coefficient (Wildman–Crippen LogP) is 3.93. The van der Waals surface area contributed by atoms with E-state index in [0.29, 0.717) is 29.8 Å². The maximum atomic E-state index is 12.7. The zero-order valence-electron chi connectivity index (χ0n) is 19.1. The number of hydrogen-bond donors (Lipinski definition) is 4. The van der Waals surface area contributed by atoms with Crippen molar-refractivity contribution in [2.75, 3.05) is 31.9 Å². The first-order valence-electron chi connectivity index (χ1n) is 10.6. The molecule has 0 aliphatic rings. The van der Waals surface area contributed by atoms with Crippen molar-refractivity contribution in [2.24, 2.45) is 0 Å². The first-order valence-corrected chi connectivity index (χ1v) is 11.8. The number of methoxy groups -OCH3 is 1. The van der Waals surface area contributed by atoms with Gasteiger partial charge in [-0.15, -0.1) is 11.8 Å². The zero-order valence-corrected chi connectivity index (χ0v) is 19.9. The van der Waals surface area contributed by atoms with E-state index < -0.39 is 24.2 Å². The molecule has 10 heteroatoms. The van der Waals surface area contributed by atoms with Gasteiger partial charge >= 0.3 is 6.09 Å². The molecule has 184 valence electrons. The summed E-state index contributed by atoms with van der Waals surface area (Å²) in [6, 6.07) is 14.4. The molecule has 0 saturated carbocycles. The highest BCUT2D eigenvalue weighted by atomic mass is 32.2. The Morgan fingerprint density at radius 1 is 1.18 bits per heavy atom. The summed E-state index contributed by atoms with van der Waals surface area (Å²) in [7, 11) is 1.51. The van der Waals surface area contributed by atoms with Crippen LogP contribution in [-0.4, -0.2) is 55.0 Å². The van der Waals surface area contributed by atoms with Crippen LogP contribution in [0.5, 0.6) is 5.75 Å². The molecule has 0 spiro atoms. The summed E-state index contributed by atoms with van der Waals surface area (Å²) in [5, 5.41) is 20.3. The van der Waals surface area contributed by atoms with Crippen molar-refractivity contribution >= 4 is 29.4 Å². The third kappa shape index (κ3) is 9.06. The number of rotatable bonds is 13. The lowest BCUT2D eigenvalue weighted by Crippen LogP contribution is -2.28. The van der Waals surface area contributed by atoms with Crippen LogP contribution in [0.1, 0.15) is 24.5 Å². The molecule has 0 bridgehead atoms. The van der Waals surface area contributed by atoms with Gasteiger partial charge in [-0.3, -0.25) is 15.3 Å². The van der Waals surface area contributed by atoms with Crippen LogP contribution < -0.4 is 15.5 Å². The molecular formula is C24H30N2O7S. The van der Waals surface area contributed by atoms with E-state index in [1.54, 1.807) is 54.2 Å². The summed E-state index contributed by atoms with van der Waals surface area (Å²) in [6.07, 6.45) is 3.64. The standard InChI is InChI=1S/C24H30N2O7S/c1-31-21(8-3-4-9-22(28)26-30)23(17-6-5-7-19(16-17)32-15-14-27)33-24(29)25-18-10-12-20(34-2)13-11-18/h4-7,9-13,16,21,23,27,30H,3,8,14-15H2,1-2H3,(H,25,29)(H,26,28)/b9-4+/t21-,23-/m0/s1. The minimum absolute atomic E-state index is 0.129. The molecule has 2 rings (SSSR count). The van der Waals surface area contributed by atoms with E-state index in [-0.39, 0.29) is 13.2 Å². The van der Waals surface area contributed by atoms with Crippen LogP contribution >= 0.6 is 11.8 Å². The number of hydrogen-bond acceptors (Lipinski definition) is 8. The van der Waals surface area contributed by atoms with Crippen LogP contribution in [0.25, 0.3) is 0 Å². The van der Waals surface area contributed by atoms with Crippen LogP contribution in [0.15, 0.2) is 65.6 Å². The fourth-order valence-corrected chi connectivity index (χ4v) is 3.53. The molecule has 0 aliphatic heterocycles. The number of aliphatic hydroxyl groups is 1. The summed E-state index contributed by atoms with van der Waals surface area (Å²) in [5.41, 5.74) is 2.76. The predicted molar refractivity (Wildman–Crippen MR) is 129 cm³/mol. The van der Waals surface area contributed by atoms with Crippen molar-refractivity contribution in [3.63, 3.8) is 0 Å². The van der Waals surface area contributed by atoms with Gasteiger partial charge in [-0.1, -0.05) is 18.2 Å². The second-order valence-corrected chi connectivity index (χ2v) is 7.93. The number of allylic oxidation sites excluding steroid dienone is 1. The van der Waals surface area contributed by atoms with Gasteiger partial charge in [0.15, 0.2) is 6.10 Å². The van der Waals surface area contributed by atoms with E-state index >= 15 is 0 Å². The molecule has 4 N–H and O–H groups in total. The minimum Gasteiger partial charge on any atom is -0.491 e. The smallest absolute Gasteiger partial charge is 0.412 e. The van der Waals surface area contributed by atoms with Crippen LogP contribution in [0.4, 0.5) is 10.5 Å². The number of nitrogens with one attached hydrogen (secondary N) is 2. The van der Waals surface area contributed by atoms with Gasteiger partial charge in [0.05, 0.1) is 12.7 Å². The number of aliphatic hydroxyl groups excluding tert-OH is 1. The van der Waals surface area contributed by atoms with E-state index in [1.807, 2.05) is 18.4 Å². The summed E-state index contributed by atoms with van der Waals surface area (Å²) in [5.74, 6) is -0.120. The highest BCUT2D eigenvalue weighted by molar-refractivity contribution is 7.98. The van der Waals surface area contributed by atoms with Crippen molar-refractivity contribution in [1.29, 1.82) is 0 Å². The SMILES string of the molecule is CO[C@@H](CC/C=C/C(=O)NO)[C@@H](OC(=O)Nc1ccc(SC)cc1)c1cccc(OCCO)c1. The van der Waals surface area contributed by atoms with Gasteiger partial charge in [0.1, 0.15) is 12.4 Å². The van der Waals surface area contributed by atoms with Gasteiger partial charge in [0, 0.05) is 23.8 Å². The van der Waals surface area contributed by atoms with Crippen molar-refractivity contribution in [3.8, 4) is 5.75 Å². The van der Waals surface area contributed by atoms with Gasteiger partial charge in [0.25, 0.3) is 5.91 Å². The fourth-order valence-electron chi connectivity index (χ4n) is 3.12. The van der Waals surface area contributed by atoms with Gasteiger partial charge in [-0.2, -0.15) is 0 Å². The molecule has 0 radical (unpaired) electrons. The van der Waals surface area contributed by atoms with Crippen LogP contribution in [0, 0.1) is 0 Å². The Labute approximate surface area is 203 Å².